The molecule has 1 unspecified atom stereocenters. The fraction of sp³-hybridized carbons (Fsp3) is 0.364. The van der Waals surface area contributed by atoms with E-state index in [0.717, 1.165) is 5.56 Å². The molecule has 0 aliphatic rings. The van der Waals surface area contributed by atoms with Crippen LogP contribution in [0.5, 0.6) is 0 Å². The molecule has 2 N–H and O–H groups in total. The Bertz CT molecular complexity index is 448. The minimum absolute atomic E-state index is 0.436. The summed E-state index contributed by atoms with van der Waals surface area (Å²) >= 11 is 3.18. The van der Waals surface area contributed by atoms with E-state index < -0.39 is 24.6 Å². The zero-order chi connectivity index (χ0) is 13.9. The molecule has 0 amide bonds. The molecule has 0 saturated carbocycles. The Morgan fingerprint density at radius 3 is 2.61 bits per heavy atom. The topological polar surface area (TPSA) is 49.3 Å². The van der Waals surface area contributed by atoms with Crippen molar-refractivity contribution in [3.8, 4) is 0 Å². The van der Waals surface area contributed by atoms with Gasteiger partial charge < -0.3 is 10.4 Å². The Morgan fingerprint density at radius 2 is 2.11 bits per heavy atom. The Morgan fingerprint density at radius 1 is 1.50 bits per heavy atom. The minimum Gasteiger partial charge on any atom is -0.481 e. The number of alkyl halides is 3. The Kier molecular flexibility index (Phi) is 4.61. The van der Waals surface area contributed by atoms with E-state index in [0.29, 0.717) is 10.2 Å². The quantitative estimate of drug-likeness (QED) is 0.891. The summed E-state index contributed by atoms with van der Waals surface area (Å²) in [7, 11) is 0. The molecule has 1 atom stereocenters. The molecule has 1 aromatic carbocycles. The SMILES string of the molecule is Cc1ccc(Br)c(NCC(C(=O)O)C(F)(F)F)c1. The third-order valence-corrected chi connectivity index (χ3v) is 3.00. The molecule has 1 aromatic rings. The number of aryl methyl sites for hydroxylation is 1. The summed E-state index contributed by atoms with van der Waals surface area (Å²) in [5.41, 5.74) is 1.30. The van der Waals surface area contributed by atoms with Gasteiger partial charge in [0.2, 0.25) is 0 Å². The third-order valence-electron chi connectivity index (χ3n) is 2.31. The van der Waals surface area contributed by atoms with Crippen molar-refractivity contribution in [2.24, 2.45) is 5.92 Å². The molecule has 3 nitrogen and oxygen atoms in total. The first-order chi connectivity index (χ1) is 8.21. The van der Waals surface area contributed by atoms with Gasteiger partial charge in [-0.25, -0.2) is 0 Å². The summed E-state index contributed by atoms with van der Waals surface area (Å²) in [6, 6.07) is 5.11. The highest BCUT2D eigenvalue weighted by Gasteiger charge is 2.44. The highest BCUT2D eigenvalue weighted by molar-refractivity contribution is 9.10. The van der Waals surface area contributed by atoms with E-state index in [9.17, 15) is 18.0 Å². The normalized spacial score (nSPS) is 13.2. The number of anilines is 1. The highest BCUT2D eigenvalue weighted by Crippen LogP contribution is 2.28. The summed E-state index contributed by atoms with van der Waals surface area (Å²) in [4.78, 5) is 10.5. The number of halogens is 4. The molecule has 100 valence electrons. The van der Waals surface area contributed by atoms with Crippen LogP contribution in [-0.4, -0.2) is 23.8 Å². The van der Waals surface area contributed by atoms with Gasteiger partial charge in [0.15, 0.2) is 5.92 Å². The van der Waals surface area contributed by atoms with Crippen molar-refractivity contribution in [1.29, 1.82) is 0 Å². The first kappa shape index (κ1) is 14.8. The van der Waals surface area contributed by atoms with Crippen LogP contribution >= 0.6 is 15.9 Å². The van der Waals surface area contributed by atoms with Gasteiger partial charge in [0.25, 0.3) is 0 Å². The van der Waals surface area contributed by atoms with E-state index in [-0.39, 0.29) is 0 Å². The summed E-state index contributed by atoms with van der Waals surface area (Å²) in [6.45, 7) is 1.08. The van der Waals surface area contributed by atoms with Crippen LogP contribution in [0.25, 0.3) is 0 Å². The predicted molar refractivity (Wildman–Crippen MR) is 64.5 cm³/mol. The summed E-state index contributed by atoms with van der Waals surface area (Å²) in [5.74, 6) is -4.32. The number of carboxylic acid groups (broad SMARTS) is 1. The maximum Gasteiger partial charge on any atom is 0.403 e. The van der Waals surface area contributed by atoms with Gasteiger partial charge in [0.05, 0.1) is 0 Å². The molecule has 18 heavy (non-hydrogen) atoms. The van der Waals surface area contributed by atoms with E-state index in [2.05, 4.69) is 21.2 Å². The maximum absolute atomic E-state index is 12.4. The monoisotopic (exact) mass is 325 g/mol. The molecule has 0 aliphatic carbocycles. The largest absolute Gasteiger partial charge is 0.481 e. The summed E-state index contributed by atoms with van der Waals surface area (Å²) < 4.78 is 37.8. The zero-order valence-electron chi connectivity index (χ0n) is 9.38. The molecule has 0 aliphatic heterocycles. The van der Waals surface area contributed by atoms with Crippen LogP contribution in [0.1, 0.15) is 5.56 Å². The van der Waals surface area contributed by atoms with E-state index >= 15 is 0 Å². The van der Waals surface area contributed by atoms with Gasteiger partial charge in [-0.3, -0.25) is 4.79 Å². The molecule has 0 radical (unpaired) electrons. The standard InChI is InChI=1S/C11H11BrF3NO2/c1-6-2-3-8(12)9(4-6)16-5-7(10(17)18)11(13,14)15/h2-4,7,16H,5H2,1H3,(H,17,18). The van der Waals surface area contributed by atoms with Crippen molar-refractivity contribution in [3.63, 3.8) is 0 Å². The molecule has 1 rings (SSSR count). The molecule has 0 saturated heterocycles. The van der Waals surface area contributed by atoms with Crippen LogP contribution < -0.4 is 5.32 Å². The van der Waals surface area contributed by atoms with Crippen molar-refractivity contribution in [1.82, 2.24) is 0 Å². The molecular weight excluding hydrogens is 315 g/mol. The van der Waals surface area contributed by atoms with Crippen LogP contribution in [-0.2, 0) is 4.79 Å². The van der Waals surface area contributed by atoms with Crippen molar-refractivity contribution in [2.45, 2.75) is 13.1 Å². The maximum atomic E-state index is 12.4. The summed E-state index contributed by atoms with van der Waals surface area (Å²) in [6.07, 6.45) is -4.77. The minimum atomic E-state index is -4.77. The number of benzene rings is 1. The number of rotatable bonds is 4. The summed E-state index contributed by atoms with van der Waals surface area (Å²) in [5, 5.41) is 11.0. The second-order valence-electron chi connectivity index (χ2n) is 3.80. The molecule has 0 spiro atoms. The molecule has 0 aromatic heterocycles. The number of carboxylic acids is 1. The molecule has 7 heteroatoms. The van der Waals surface area contributed by atoms with Gasteiger partial charge in [-0.2, -0.15) is 13.2 Å². The lowest BCUT2D eigenvalue weighted by molar-refractivity contribution is -0.190. The van der Waals surface area contributed by atoms with Crippen LogP contribution in [0, 0.1) is 12.8 Å². The number of nitrogens with one attached hydrogen (secondary N) is 1. The van der Waals surface area contributed by atoms with E-state index in [4.69, 9.17) is 5.11 Å². The molecule has 0 fully saturated rings. The predicted octanol–water partition coefficient (Wildman–Crippen LogP) is 3.43. The highest BCUT2D eigenvalue weighted by atomic mass is 79.9. The van der Waals surface area contributed by atoms with Crippen molar-refractivity contribution >= 4 is 27.6 Å². The van der Waals surface area contributed by atoms with Gasteiger partial charge in [-0.05, 0) is 40.5 Å². The number of hydrogen-bond donors (Lipinski definition) is 2. The van der Waals surface area contributed by atoms with Crippen molar-refractivity contribution in [3.05, 3.63) is 28.2 Å². The van der Waals surface area contributed by atoms with Gasteiger partial charge in [0.1, 0.15) is 0 Å². The van der Waals surface area contributed by atoms with Crippen LogP contribution in [0.15, 0.2) is 22.7 Å². The lowest BCUT2D eigenvalue weighted by atomic mass is 10.1. The van der Waals surface area contributed by atoms with Crippen LogP contribution in [0.2, 0.25) is 0 Å². The number of hydrogen-bond acceptors (Lipinski definition) is 2. The third kappa shape index (κ3) is 3.90. The van der Waals surface area contributed by atoms with Gasteiger partial charge in [-0.15, -0.1) is 0 Å². The first-order valence-corrected chi connectivity index (χ1v) is 5.80. The second-order valence-corrected chi connectivity index (χ2v) is 4.65. The lowest BCUT2D eigenvalue weighted by Crippen LogP contribution is -2.36. The van der Waals surface area contributed by atoms with Crippen molar-refractivity contribution in [2.75, 3.05) is 11.9 Å². The van der Waals surface area contributed by atoms with Crippen LogP contribution in [0.3, 0.4) is 0 Å². The number of aliphatic carboxylic acids is 1. The molecule has 0 heterocycles. The van der Waals surface area contributed by atoms with Gasteiger partial charge in [-0.1, -0.05) is 6.07 Å². The number of carbonyl (C=O) groups is 1. The van der Waals surface area contributed by atoms with E-state index in [1.165, 1.54) is 0 Å². The fourth-order valence-corrected chi connectivity index (χ4v) is 1.72. The molecule has 0 bridgehead atoms. The molecular formula is C11H11BrF3NO2. The smallest absolute Gasteiger partial charge is 0.403 e. The van der Waals surface area contributed by atoms with Crippen LogP contribution in [0.4, 0.5) is 18.9 Å². The van der Waals surface area contributed by atoms with Gasteiger partial charge in [0, 0.05) is 16.7 Å². The Hall–Kier alpha value is -1.24. The first-order valence-electron chi connectivity index (χ1n) is 5.01. The van der Waals surface area contributed by atoms with E-state index in [1.807, 2.05) is 0 Å². The average Bonchev–Trinajstić information content (AvgIpc) is 2.20. The fourth-order valence-electron chi connectivity index (χ4n) is 1.33. The Labute approximate surface area is 110 Å². The zero-order valence-corrected chi connectivity index (χ0v) is 11.0. The van der Waals surface area contributed by atoms with Gasteiger partial charge >= 0.3 is 12.1 Å². The Balaban J connectivity index is 2.79. The second kappa shape index (κ2) is 5.60. The van der Waals surface area contributed by atoms with E-state index in [1.54, 1.807) is 25.1 Å². The average molecular weight is 326 g/mol. The lowest BCUT2D eigenvalue weighted by Gasteiger charge is -2.18. The van der Waals surface area contributed by atoms with Crippen molar-refractivity contribution < 1.29 is 23.1 Å².